The molecule has 9 nitrogen and oxygen atoms in total. The smallest absolute Gasteiger partial charge is 0.376 e. The topological polar surface area (TPSA) is 108 Å². The van der Waals surface area contributed by atoms with Crippen LogP contribution in [0.1, 0.15) is 18.4 Å². The minimum Gasteiger partial charge on any atom is -0.376 e. The monoisotopic (exact) mass is 574 g/mol. The summed E-state index contributed by atoms with van der Waals surface area (Å²) >= 11 is 5.89. The number of halogens is 4. The Morgan fingerprint density at radius 1 is 1.05 bits per heavy atom. The van der Waals surface area contributed by atoms with Crippen molar-refractivity contribution in [2.45, 2.75) is 36.1 Å². The van der Waals surface area contributed by atoms with Crippen LogP contribution in [-0.2, 0) is 25.7 Å². The van der Waals surface area contributed by atoms with Gasteiger partial charge in [0.05, 0.1) is 16.6 Å². The summed E-state index contributed by atoms with van der Waals surface area (Å²) < 4.78 is 71.9. The van der Waals surface area contributed by atoms with E-state index in [1.807, 2.05) is 0 Å². The number of sulfonamides is 1. The number of nitrogens with zero attached hydrogens (tertiary/aromatic N) is 2. The molecule has 2 fully saturated rings. The predicted octanol–water partition coefficient (Wildman–Crippen LogP) is 3.56. The fourth-order valence-electron chi connectivity index (χ4n) is 4.28. The highest BCUT2D eigenvalue weighted by Crippen LogP contribution is 2.30. The Balaban J connectivity index is 1.51. The average molecular weight is 575 g/mol. The first kappa shape index (κ1) is 28.1. The lowest BCUT2D eigenvalue weighted by atomic mass is 10.2. The van der Waals surface area contributed by atoms with Crippen LogP contribution in [0.4, 0.5) is 23.7 Å². The van der Waals surface area contributed by atoms with Gasteiger partial charge < -0.3 is 20.3 Å². The van der Waals surface area contributed by atoms with E-state index < -0.39 is 39.7 Å². The molecule has 0 radical (unpaired) electrons. The molecule has 2 aromatic rings. The second-order valence-electron chi connectivity index (χ2n) is 8.92. The maximum absolute atomic E-state index is 13.4. The molecule has 0 aliphatic carbocycles. The van der Waals surface area contributed by atoms with Crippen molar-refractivity contribution in [2.75, 3.05) is 38.1 Å². The number of nitrogens with one attached hydrogen (secondary N) is 2. The third kappa shape index (κ3) is 6.57. The van der Waals surface area contributed by atoms with Crippen LogP contribution in [0.15, 0.2) is 53.4 Å². The largest absolute Gasteiger partial charge is 0.416 e. The normalized spacial score (nSPS) is 20.8. The molecule has 2 aliphatic heterocycles. The van der Waals surface area contributed by atoms with Gasteiger partial charge in [-0.25, -0.2) is 13.2 Å². The van der Waals surface area contributed by atoms with Gasteiger partial charge in [0.1, 0.15) is 6.04 Å². The number of hydrogen-bond acceptors (Lipinski definition) is 5. The molecule has 2 N–H and O–H groups in total. The van der Waals surface area contributed by atoms with Gasteiger partial charge in [-0.15, -0.1) is 0 Å². The highest BCUT2D eigenvalue weighted by molar-refractivity contribution is 7.89. The number of ether oxygens (including phenoxy) is 1. The van der Waals surface area contributed by atoms with Crippen LogP contribution in [0.3, 0.4) is 0 Å². The Bertz CT molecular complexity index is 1250. The first-order valence-electron chi connectivity index (χ1n) is 11.8. The first-order valence-corrected chi connectivity index (χ1v) is 13.7. The van der Waals surface area contributed by atoms with Crippen molar-refractivity contribution < 1.29 is 35.9 Å². The van der Waals surface area contributed by atoms with Crippen molar-refractivity contribution in [3.63, 3.8) is 0 Å². The van der Waals surface area contributed by atoms with Gasteiger partial charge in [-0.3, -0.25) is 4.79 Å². The summed E-state index contributed by atoms with van der Waals surface area (Å²) in [5.74, 6) is -0.593. The van der Waals surface area contributed by atoms with Crippen molar-refractivity contribution in [1.82, 2.24) is 14.5 Å². The number of piperazine rings is 1. The number of rotatable bonds is 6. The van der Waals surface area contributed by atoms with Crippen LogP contribution in [0.25, 0.3) is 0 Å². The minimum absolute atomic E-state index is 0.0468. The van der Waals surface area contributed by atoms with Crippen LogP contribution in [0, 0.1) is 0 Å². The van der Waals surface area contributed by atoms with E-state index in [0.717, 1.165) is 41.4 Å². The van der Waals surface area contributed by atoms with E-state index >= 15 is 0 Å². The minimum atomic E-state index is -4.52. The van der Waals surface area contributed by atoms with E-state index in [0.29, 0.717) is 11.6 Å². The zero-order valence-corrected chi connectivity index (χ0v) is 21.7. The summed E-state index contributed by atoms with van der Waals surface area (Å²) in [6.07, 6.45) is -3.07. The Labute approximate surface area is 222 Å². The van der Waals surface area contributed by atoms with Gasteiger partial charge in [-0.1, -0.05) is 11.6 Å². The summed E-state index contributed by atoms with van der Waals surface area (Å²) in [7, 11) is -4.12. The first-order chi connectivity index (χ1) is 17.9. The molecule has 2 atom stereocenters. The highest BCUT2D eigenvalue weighted by Gasteiger charge is 2.41. The molecule has 2 aromatic carbocycles. The molecular weight excluding hydrogens is 549 g/mol. The highest BCUT2D eigenvalue weighted by atomic mass is 35.5. The summed E-state index contributed by atoms with van der Waals surface area (Å²) in [5, 5.41) is 5.58. The van der Waals surface area contributed by atoms with Crippen LogP contribution in [0.2, 0.25) is 5.02 Å². The fourth-order valence-corrected chi connectivity index (χ4v) is 5.97. The standard InChI is InChI=1S/C24H26ClF3N4O5S/c25-17-5-9-20(10-6-17)38(35,36)32-12-11-31(15-21(32)22(33)29-14-19-2-1-13-37-19)23(34)30-18-7-3-16(4-8-18)24(26,27)28/h3-10,19,21H,1-2,11-15H2,(H,29,33)(H,30,34). The number of amides is 3. The molecule has 0 spiro atoms. The number of carbonyl (C=O) groups excluding carboxylic acids is 2. The summed E-state index contributed by atoms with van der Waals surface area (Å²) in [6.45, 7) is 0.287. The molecule has 206 valence electrons. The number of carbonyl (C=O) groups is 2. The zero-order chi connectivity index (χ0) is 27.5. The molecule has 4 rings (SSSR count). The quantitative estimate of drug-likeness (QED) is 0.549. The van der Waals surface area contributed by atoms with Gasteiger partial charge in [0, 0.05) is 43.5 Å². The number of benzene rings is 2. The van der Waals surface area contributed by atoms with E-state index in [2.05, 4.69) is 10.6 Å². The molecule has 2 aliphatic rings. The molecule has 0 bridgehead atoms. The van der Waals surface area contributed by atoms with Crippen molar-refractivity contribution in [1.29, 1.82) is 0 Å². The van der Waals surface area contributed by atoms with Crippen molar-refractivity contribution in [2.24, 2.45) is 0 Å². The molecule has 3 amide bonds. The molecular formula is C24H26ClF3N4O5S. The van der Waals surface area contributed by atoms with E-state index in [1.54, 1.807) is 0 Å². The van der Waals surface area contributed by atoms with Crippen molar-refractivity contribution >= 4 is 39.2 Å². The van der Waals surface area contributed by atoms with Crippen LogP contribution < -0.4 is 10.6 Å². The van der Waals surface area contributed by atoms with Gasteiger partial charge in [-0.05, 0) is 61.4 Å². The SMILES string of the molecule is O=C(NCC1CCCO1)C1CN(C(=O)Nc2ccc(C(F)(F)F)cc2)CCN1S(=O)(=O)c1ccc(Cl)cc1. The van der Waals surface area contributed by atoms with Gasteiger partial charge in [0.15, 0.2) is 0 Å². The third-order valence-electron chi connectivity index (χ3n) is 6.33. The number of alkyl halides is 3. The predicted molar refractivity (Wildman–Crippen MR) is 133 cm³/mol. The van der Waals surface area contributed by atoms with Gasteiger partial charge >= 0.3 is 12.2 Å². The van der Waals surface area contributed by atoms with E-state index in [4.69, 9.17) is 16.3 Å². The Morgan fingerprint density at radius 2 is 1.74 bits per heavy atom. The maximum atomic E-state index is 13.4. The van der Waals surface area contributed by atoms with E-state index in [9.17, 15) is 31.2 Å². The average Bonchev–Trinajstić information content (AvgIpc) is 3.41. The van der Waals surface area contributed by atoms with Crippen LogP contribution in [0.5, 0.6) is 0 Å². The number of urea groups is 1. The molecule has 0 aromatic heterocycles. The lowest BCUT2D eigenvalue weighted by Crippen LogP contribution is -2.62. The van der Waals surface area contributed by atoms with E-state index in [1.165, 1.54) is 29.2 Å². The van der Waals surface area contributed by atoms with Gasteiger partial charge in [0.25, 0.3) is 0 Å². The third-order valence-corrected chi connectivity index (χ3v) is 8.51. The summed E-state index contributed by atoms with van der Waals surface area (Å²) in [6, 6.07) is 7.52. The lowest BCUT2D eigenvalue weighted by Gasteiger charge is -2.39. The Kier molecular flexibility index (Phi) is 8.50. The Hall–Kier alpha value is -2.87. The van der Waals surface area contributed by atoms with Crippen LogP contribution in [-0.4, -0.2) is 74.5 Å². The molecule has 0 saturated carbocycles. The summed E-state index contributed by atoms with van der Waals surface area (Å²) in [5.41, 5.74) is -0.738. The molecule has 38 heavy (non-hydrogen) atoms. The van der Waals surface area contributed by atoms with Gasteiger partial charge in [0.2, 0.25) is 15.9 Å². The lowest BCUT2D eigenvalue weighted by molar-refractivity contribution is -0.137. The molecule has 2 heterocycles. The van der Waals surface area contributed by atoms with Crippen molar-refractivity contribution in [3.8, 4) is 0 Å². The van der Waals surface area contributed by atoms with Gasteiger partial charge in [-0.2, -0.15) is 17.5 Å². The van der Waals surface area contributed by atoms with Crippen LogP contribution >= 0.6 is 11.6 Å². The zero-order valence-electron chi connectivity index (χ0n) is 20.1. The number of anilines is 1. The fraction of sp³-hybridized carbons (Fsp3) is 0.417. The van der Waals surface area contributed by atoms with Crippen molar-refractivity contribution in [3.05, 3.63) is 59.1 Å². The Morgan fingerprint density at radius 3 is 2.34 bits per heavy atom. The second-order valence-corrected chi connectivity index (χ2v) is 11.2. The summed E-state index contributed by atoms with van der Waals surface area (Å²) in [4.78, 5) is 27.3. The second kappa shape index (κ2) is 11.5. The van der Waals surface area contributed by atoms with E-state index in [-0.39, 0.29) is 42.9 Å². The number of hydrogen-bond donors (Lipinski definition) is 2. The molecule has 14 heteroatoms. The maximum Gasteiger partial charge on any atom is 0.416 e. The molecule has 2 unspecified atom stereocenters. The molecule has 2 saturated heterocycles.